The molecule has 0 radical (unpaired) electrons. The summed E-state index contributed by atoms with van der Waals surface area (Å²) in [5.74, 6) is 1.55. The van der Waals surface area contributed by atoms with Gasteiger partial charge in [0, 0.05) is 25.2 Å². The van der Waals surface area contributed by atoms with Gasteiger partial charge in [-0.15, -0.1) is 0 Å². The molecule has 0 atom stereocenters. The molecule has 0 aliphatic rings. The lowest BCUT2D eigenvalue weighted by molar-refractivity contribution is -0.116. The van der Waals surface area contributed by atoms with Crippen molar-refractivity contribution in [2.45, 2.75) is 19.9 Å². The van der Waals surface area contributed by atoms with Crippen molar-refractivity contribution in [3.63, 3.8) is 0 Å². The van der Waals surface area contributed by atoms with Crippen LogP contribution in [-0.2, 0) is 11.3 Å². The molecule has 0 saturated heterocycles. The fourth-order valence-corrected chi connectivity index (χ4v) is 2.90. The van der Waals surface area contributed by atoms with E-state index in [1.54, 1.807) is 0 Å². The van der Waals surface area contributed by atoms with Crippen molar-refractivity contribution in [1.82, 2.24) is 4.90 Å². The topological polar surface area (TPSA) is 41.6 Å². The minimum absolute atomic E-state index is 0.0169. The van der Waals surface area contributed by atoms with Crippen LogP contribution in [0.15, 0.2) is 84.9 Å². The minimum atomic E-state index is 0.0169. The van der Waals surface area contributed by atoms with Crippen molar-refractivity contribution < 1.29 is 9.53 Å². The zero-order valence-corrected chi connectivity index (χ0v) is 16.2. The summed E-state index contributed by atoms with van der Waals surface area (Å²) < 4.78 is 5.77. The summed E-state index contributed by atoms with van der Waals surface area (Å²) in [4.78, 5) is 14.6. The summed E-state index contributed by atoms with van der Waals surface area (Å²) in [7, 11) is 0. The summed E-state index contributed by atoms with van der Waals surface area (Å²) in [6, 6.07) is 27.4. The van der Waals surface area contributed by atoms with E-state index in [1.165, 1.54) is 5.56 Å². The molecule has 3 aromatic carbocycles. The van der Waals surface area contributed by atoms with Gasteiger partial charge in [0.25, 0.3) is 0 Å². The van der Waals surface area contributed by atoms with E-state index in [0.29, 0.717) is 6.42 Å². The summed E-state index contributed by atoms with van der Waals surface area (Å²) in [6.07, 6.45) is 0.461. The Morgan fingerprint density at radius 1 is 0.857 bits per heavy atom. The van der Waals surface area contributed by atoms with Gasteiger partial charge in [-0.1, -0.05) is 55.5 Å². The molecule has 144 valence electrons. The van der Waals surface area contributed by atoms with E-state index in [9.17, 15) is 4.79 Å². The second-order valence-corrected chi connectivity index (χ2v) is 6.59. The molecule has 0 spiro atoms. The second kappa shape index (κ2) is 10.3. The molecule has 0 aliphatic heterocycles. The number of hydrogen-bond acceptors (Lipinski definition) is 3. The Morgan fingerprint density at radius 2 is 1.46 bits per heavy atom. The van der Waals surface area contributed by atoms with Crippen molar-refractivity contribution in [1.29, 1.82) is 0 Å². The van der Waals surface area contributed by atoms with Gasteiger partial charge in [-0.25, -0.2) is 0 Å². The Hall–Kier alpha value is -3.11. The monoisotopic (exact) mass is 374 g/mol. The van der Waals surface area contributed by atoms with E-state index in [1.807, 2.05) is 72.8 Å². The fraction of sp³-hybridized carbons (Fsp3) is 0.208. The minimum Gasteiger partial charge on any atom is -0.457 e. The maximum absolute atomic E-state index is 12.3. The number of nitrogens with zero attached hydrogens (tertiary/aromatic N) is 1. The second-order valence-electron chi connectivity index (χ2n) is 6.59. The maximum Gasteiger partial charge on any atom is 0.225 e. The number of ether oxygens (including phenoxy) is 1. The molecule has 3 rings (SSSR count). The highest BCUT2D eigenvalue weighted by molar-refractivity contribution is 5.90. The van der Waals surface area contributed by atoms with Crippen molar-refractivity contribution in [2.24, 2.45) is 0 Å². The lowest BCUT2D eigenvalue weighted by atomic mass is 10.2. The largest absolute Gasteiger partial charge is 0.457 e. The van der Waals surface area contributed by atoms with E-state index < -0.39 is 0 Å². The van der Waals surface area contributed by atoms with Crippen LogP contribution in [0.5, 0.6) is 11.5 Å². The molecule has 0 fully saturated rings. The lowest BCUT2D eigenvalue weighted by Gasteiger charge is -2.20. The van der Waals surface area contributed by atoms with Crippen LogP contribution in [0.3, 0.4) is 0 Å². The summed E-state index contributed by atoms with van der Waals surface area (Å²) in [5, 5.41) is 2.96. The summed E-state index contributed by atoms with van der Waals surface area (Å²) >= 11 is 0. The normalized spacial score (nSPS) is 10.6. The number of rotatable bonds is 9. The average Bonchev–Trinajstić information content (AvgIpc) is 2.74. The van der Waals surface area contributed by atoms with Crippen molar-refractivity contribution in [3.8, 4) is 11.5 Å². The van der Waals surface area contributed by atoms with E-state index in [0.717, 1.165) is 36.8 Å². The molecule has 1 amide bonds. The van der Waals surface area contributed by atoms with Crippen LogP contribution in [0.25, 0.3) is 0 Å². The number of anilines is 1. The maximum atomic E-state index is 12.3. The molecule has 0 unspecified atom stereocenters. The van der Waals surface area contributed by atoms with E-state index >= 15 is 0 Å². The van der Waals surface area contributed by atoms with E-state index in [2.05, 4.69) is 29.3 Å². The van der Waals surface area contributed by atoms with Crippen LogP contribution in [0.1, 0.15) is 18.9 Å². The Balaban J connectivity index is 1.46. The van der Waals surface area contributed by atoms with E-state index in [-0.39, 0.29) is 5.91 Å². The predicted molar refractivity (Wildman–Crippen MR) is 114 cm³/mol. The number of carbonyl (C=O) groups is 1. The Kier molecular flexibility index (Phi) is 7.21. The molecule has 28 heavy (non-hydrogen) atoms. The zero-order valence-electron chi connectivity index (χ0n) is 16.2. The highest BCUT2D eigenvalue weighted by atomic mass is 16.5. The summed E-state index contributed by atoms with van der Waals surface area (Å²) in [5.41, 5.74) is 2.04. The fourth-order valence-electron chi connectivity index (χ4n) is 2.90. The van der Waals surface area contributed by atoms with Gasteiger partial charge in [0.2, 0.25) is 5.91 Å². The van der Waals surface area contributed by atoms with Gasteiger partial charge in [-0.3, -0.25) is 9.69 Å². The first-order valence-corrected chi connectivity index (χ1v) is 9.62. The van der Waals surface area contributed by atoms with Gasteiger partial charge in [-0.05, 0) is 48.5 Å². The Labute approximate surface area is 166 Å². The van der Waals surface area contributed by atoms with Crippen molar-refractivity contribution in [3.05, 3.63) is 90.5 Å². The molecule has 3 aromatic rings. The standard InChI is InChI=1S/C24H26N2O2/c1-2-26(19-20-9-5-3-6-10-20)18-17-24(27)25-21-13-15-23(16-14-21)28-22-11-7-4-8-12-22/h3-16H,2,17-19H2,1H3,(H,25,27). The molecule has 4 nitrogen and oxygen atoms in total. The molecular weight excluding hydrogens is 348 g/mol. The van der Waals surface area contributed by atoms with Crippen molar-refractivity contribution >= 4 is 11.6 Å². The quantitative estimate of drug-likeness (QED) is 0.550. The molecule has 0 saturated carbocycles. The third-order valence-corrected chi connectivity index (χ3v) is 4.47. The highest BCUT2D eigenvalue weighted by Crippen LogP contribution is 2.22. The summed E-state index contributed by atoms with van der Waals surface area (Å²) in [6.45, 7) is 4.61. The number of para-hydroxylation sites is 1. The first-order chi connectivity index (χ1) is 13.7. The Bertz CT molecular complexity index is 849. The van der Waals surface area contributed by atoms with Gasteiger partial charge in [0.05, 0.1) is 0 Å². The molecule has 1 N–H and O–H groups in total. The zero-order chi connectivity index (χ0) is 19.6. The molecule has 0 aromatic heterocycles. The van der Waals surface area contributed by atoms with Crippen LogP contribution in [-0.4, -0.2) is 23.9 Å². The predicted octanol–water partition coefficient (Wildman–Crippen LogP) is 5.33. The van der Waals surface area contributed by atoms with Crippen molar-refractivity contribution in [2.75, 3.05) is 18.4 Å². The molecule has 4 heteroatoms. The third kappa shape index (κ3) is 6.25. The number of hydrogen-bond donors (Lipinski definition) is 1. The molecule has 0 bridgehead atoms. The number of nitrogens with one attached hydrogen (secondary N) is 1. The number of carbonyl (C=O) groups excluding carboxylic acids is 1. The van der Waals surface area contributed by atoms with Crippen LogP contribution < -0.4 is 10.1 Å². The molecule has 0 heterocycles. The number of amides is 1. The number of benzene rings is 3. The van der Waals surface area contributed by atoms with Crippen LogP contribution in [0.2, 0.25) is 0 Å². The van der Waals surface area contributed by atoms with Gasteiger partial charge >= 0.3 is 0 Å². The van der Waals surface area contributed by atoms with Gasteiger partial charge in [-0.2, -0.15) is 0 Å². The SMILES string of the molecule is CCN(CCC(=O)Nc1ccc(Oc2ccccc2)cc1)Cc1ccccc1. The van der Waals surface area contributed by atoms with Crippen LogP contribution in [0.4, 0.5) is 5.69 Å². The van der Waals surface area contributed by atoms with Crippen LogP contribution in [0, 0.1) is 0 Å². The molecular formula is C24H26N2O2. The first kappa shape index (κ1) is 19.6. The molecule has 0 aliphatic carbocycles. The average molecular weight is 374 g/mol. The van der Waals surface area contributed by atoms with Gasteiger partial charge in [0.1, 0.15) is 11.5 Å². The first-order valence-electron chi connectivity index (χ1n) is 9.62. The Morgan fingerprint density at radius 3 is 2.11 bits per heavy atom. The van der Waals surface area contributed by atoms with Crippen LogP contribution >= 0.6 is 0 Å². The third-order valence-electron chi connectivity index (χ3n) is 4.47. The van der Waals surface area contributed by atoms with Gasteiger partial charge in [0.15, 0.2) is 0 Å². The highest BCUT2D eigenvalue weighted by Gasteiger charge is 2.08. The lowest BCUT2D eigenvalue weighted by Crippen LogP contribution is -2.27. The van der Waals surface area contributed by atoms with Gasteiger partial charge < -0.3 is 10.1 Å². The smallest absolute Gasteiger partial charge is 0.225 e. The van der Waals surface area contributed by atoms with E-state index in [4.69, 9.17) is 4.74 Å².